The Morgan fingerprint density at radius 2 is 1.78 bits per heavy atom. The largest absolute Gasteiger partial charge is 0.433 e. The first-order valence-corrected chi connectivity index (χ1v) is 5.15. The van der Waals surface area contributed by atoms with Crippen LogP contribution in [0.3, 0.4) is 0 Å². The molecule has 1 aromatic heterocycles. The Morgan fingerprint density at radius 3 is 2.22 bits per heavy atom. The Kier molecular flexibility index (Phi) is 3.67. The van der Waals surface area contributed by atoms with Gasteiger partial charge in [0.05, 0.1) is 5.56 Å². The van der Waals surface area contributed by atoms with E-state index in [1.54, 1.807) is 6.07 Å². The standard InChI is InChI=1S/C13H11F3N2/c1-12(2,3)7-6-10-9(8-17)4-5-11(18-10)13(14,15)16/h4-5H,1-3H3. The van der Waals surface area contributed by atoms with E-state index in [1.165, 1.54) is 0 Å². The second-order valence-corrected chi connectivity index (χ2v) is 4.70. The van der Waals surface area contributed by atoms with Gasteiger partial charge in [-0.25, -0.2) is 4.98 Å². The van der Waals surface area contributed by atoms with Crippen LogP contribution in [0.25, 0.3) is 0 Å². The van der Waals surface area contributed by atoms with Crippen LogP contribution in [0, 0.1) is 28.6 Å². The van der Waals surface area contributed by atoms with E-state index < -0.39 is 11.9 Å². The average Bonchev–Trinajstić information content (AvgIpc) is 2.23. The van der Waals surface area contributed by atoms with Gasteiger partial charge in [-0.3, -0.25) is 0 Å². The molecule has 0 aliphatic carbocycles. The van der Waals surface area contributed by atoms with E-state index in [4.69, 9.17) is 5.26 Å². The van der Waals surface area contributed by atoms with Gasteiger partial charge in [-0.15, -0.1) is 0 Å². The van der Waals surface area contributed by atoms with Crippen LogP contribution in [-0.4, -0.2) is 4.98 Å². The van der Waals surface area contributed by atoms with E-state index >= 15 is 0 Å². The first kappa shape index (κ1) is 14.1. The predicted octanol–water partition coefficient (Wildman–Crippen LogP) is 3.37. The van der Waals surface area contributed by atoms with Gasteiger partial charge in [0, 0.05) is 5.41 Å². The molecule has 0 saturated heterocycles. The van der Waals surface area contributed by atoms with E-state index in [-0.39, 0.29) is 16.7 Å². The monoisotopic (exact) mass is 252 g/mol. The van der Waals surface area contributed by atoms with Crippen LogP contribution in [0.15, 0.2) is 12.1 Å². The highest BCUT2D eigenvalue weighted by atomic mass is 19.4. The van der Waals surface area contributed by atoms with E-state index in [0.717, 1.165) is 12.1 Å². The van der Waals surface area contributed by atoms with Crippen molar-refractivity contribution in [1.29, 1.82) is 5.26 Å². The molecule has 1 heterocycles. The molecule has 0 aliphatic rings. The fourth-order valence-electron chi connectivity index (χ4n) is 1.05. The van der Waals surface area contributed by atoms with Crippen LogP contribution in [0.4, 0.5) is 13.2 Å². The zero-order chi connectivity index (χ0) is 14.0. The number of rotatable bonds is 0. The Labute approximate surface area is 103 Å². The van der Waals surface area contributed by atoms with E-state index in [9.17, 15) is 13.2 Å². The van der Waals surface area contributed by atoms with Crippen LogP contribution in [0.1, 0.15) is 37.7 Å². The second kappa shape index (κ2) is 4.70. The van der Waals surface area contributed by atoms with Crippen molar-refractivity contribution in [3.8, 4) is 17.9 Å². The second-order valence-electron chi connectivity index (χ2n) is 4.70. The summed E-state index contributed by atoms with van der Waals surface area (Å²) in [7, 11) is 0. The van der Waals surface area contributed by atoms with Gasteiger partial charge < -0.3 is 0 Å². The molecule has 0 amide bonds. The van der Waals surface area contributed by atoms with Crippen molar-refractivity contribution in [3.05, 3.63) is 29.1 Å². The first-order chi connectivity index (χ1) is 8.13. The van der Waals surface area contributed by atoms with E-state index in [1.807, 2.05) is 20.8 Å². The highest BCUT2D eigenvalue weighted by Gasteiger charge is 2.32. The molecular weight excluding hydrogens is 241 g/mol. The van der Waals surface area contributed by atoms with Crippen LogP contribution in [0.5, 0.6) is 0 Å². The Bertz CT molecular complexity index is 549. The third kappa shape index (κ3) is 3.78. The van der Waals surface area contributed by atoms with Gasteiger partial charge in [0.15, 0.2) is 0 Å². The summed E-state index contributed by atoms with van der Waals surface area (Å²) in [4.78, 5) is 3.40. The lowest BCUT2D eigenvalue weighted by molar-refractivity contribution is -0.141. The zero-order valence-corrected chi connectivity index (χ0v) is 10.2. The number of hydrogen-bond acceptors (Lipinski definition) is 2. The van der Waals surface area contributed by atoms with E-state index in [2.05, 4.69) is 16.8 Å². The van der Waals surface area contributed by atoms with Gasteiger partial charge in [-0.1, -0.05) is 5.92 Å². The molecule has 0 saturated carbocycles. The maximum Gasteiger partial charge on any atom is 0.433 e. The number of halogens is 3. The molecule has 0 spiro atoms. The minimum atomic E-state index is -4.54. The molecule has 0 fully saturated rings. The van der Waals surface area contributed by atoms with Crippen molar-refractivity contribution >= 4 is 0 Å². The normalized spacial score (nSPS) is 11.4. The molecule has 94 valence electrons. The lowest BCUT2D eigenvalue weighted by Crippen LogP contribution is -2.09. The molecule has 1 rings (SSSR count). The van der Waals surface area contributed by atoms with Gasteiger partial charge in [-0.05, 0) is 38.8 Å². The molecule has 0 unspecified atom stereocenters. The summed E-state index contributed by atoms with van der Waals surface area (Å²) in [5, 5.41) is 8.80. The number of hydrogen-bond donors (Lipinski definition) is 0. The summed E-state index contributed by atoms with van der Waals surface area (Å²) < 4.78 is 37.5. The van der Waals surface area contributed by atoms with Crippen LogP contribution >= 0.6 is 0 Å². The fourth-order valence-corrected chi connectivity index (χ4v) is 1.05. The van der Waals surface area contributed by atoms with Gasteiger partial charge in [-0.2, -0.15) is 18.4 Å². The summed E-state index contributed by atoms with van der Waals surface area (Å²) >= 11 is 0. The lowest BCUT2D eigenvalue weighted by atomic mass is 9.97. The number of alkyl halides is 3. The number of nitriles is 1. The molecular formula is C13H11F3N2. The van der Waals surface area contributed by atoms with Crippen molar-refractivity contribution in [1.82, 2.24) is 4.98 Å². The Balaban J connectivity index is 3.32. The van der Waals surface area contributed by atoms with Gasteiger partial charge in [0.25, 0.3) is 0 Å². The molecule has 18 heavy (non-hydrogen) atoms. The predicted molar refractivity (Wildman–Crippen MR) is 60.3 cm³/mol. The number of nitrogens with zero attached hydrogens (tertiary/aromatic N) is 2. The molecule has 0 aromatic carbocycles. The SMILES string of the molecule is CC(C)(C)C#Cc1nc(C(F)(F)F)ccc1C#N. The van der Waals surface area contributed by atoms with Crippen molar-refractivity contribution in [3.63, 3.8) is 0 Å². The third-order valence-electron chi connectivity index (χ3n) is 1.86. The molecule has 2 nitrogen and oxygen atoms in total. The number of pyridine rings is 1. The zero-order valence-electron chi connectivity index (χ0n) is 10.2. The highest BCUT2D eigenvalue weighted by molar-refractivity contribution is 5.44. The smallest absolute Gasteiger partial charge is 0.233 e. The summed E-state index contributed by atoms with van der Waals surface area (Å²) in [6, 6.07) is 3.64. The molecule has 0 aliphatic heterocycles. The topological polar surface area (TPSA) is 36.7 Å². The first-order valence-electron chi connectivity index (χ1n) is 5.15. The van der Waals surface area contributed by atoms with Gasteiger partial charge >= 0.3 is 6.18 Å². The third-order valence-corrected chi connectivity index (χ3v) is 1.86. The van der Waals surface area contributed by atoms with Crippen LogP contribution in [0.2, 0.25) is 0 Å². The van der Waals surface area contributed by atoms with Crippen molar-refractivity contribution < 1.29 is 13.2 Å². The summed E-state index contributed by atoms with van der Waals surface area (Å²) in [6.45, 7) is 5.46. The van der Waals surface area contributed by atoms with Crippen LogP contribution < -0.4 is 0 Å². The van der Waals surface area contributed by atoms with E-state index in [0.29, 0.717) is 0 Å². The lowest BCUT2D eigenvalue weighted by Gasteiger charge is -2.08. The minimum absolute atomic E-state index is 0.0414. The summed E-state index contributed by atoms with van der Waals surface area (Å²) in [5.74, 6) is 5.29. The van der Waals surface area contributed by atoms with Gasteiger partial charge in [0.2, 0.25) is 0 Å². The maximum atomic E-state index is 12.5. The molecule has 0 bridgehead atoms. The highest BCUT2D eigenvalue weighted by Crippen LogP contribution is 2.28. The minimum Gasteiger partial charge on any atom is -0.233 e. The number of aromatic nitrogens is 1. The van der Waals surface area contributed by atoms with Crippen LogP contribution in [-0.2, 0) is 6.18 Å². The fraction of sp³-hybridized carbons (Fsp3) is 0.385. The van der Waals surface area contributed by atoms with Gasteiger partial charge in [0.1, 0.15) is 17.5 Å². The molecule has 0 atom stereocenters. The van der Waals surface area contributed by atoms with Crippen molar-refractivity contribution in [2.45, 2.75) is 26.9 Å². The Hall–Kier alpha value is -2.01. The Morgan fingerprint density at radius 1 is 1.17 bits per heavy atom. The van der Waals surface area contributed by atoms with Crippen molar-refractivity contribution in [2.24, 2.45) is 5.41 Å². The quantitative estimate of drug-likeness (QED) is 0.664. The molecule has 0 radical (unpaired) electrons. The average molecular weight is 252 g/mol. The summed E-state index contributed by atoms with van der Waals surface area (Å²) in [6.07, 6.45) is -4.54. The maximum absolute atomic E-state index is 12.5. The molecule has 5 heteroatoms. The van der Waals surface area contributed by atoms with Crippen molar-refractivity contribution in [2.75, 3.05) is 0 Å². The molecule has 1 aromatic rings. The molecule has 0 N–H and O–H groups in total. The summed E-state index contributed by atoms with van der Waals surface area (Å²) in [5.41, 5.74) is -1.51.